The topological polar surface area (TPSA) is 103 Å². The highest BCUT2D eigenvalue weighted by Gasteiger charge is 2.39. The van der Waals surface area contributed by atoms with Crippen LogP contribution in [0.4, 0.5) is 0 Å². The number of rotatable bonds is 5. The van der Waals surface area contributed by atoms with Crippen molar-refractivity contribution in [2.75, 3.05) is 26.2 Å². The lowest BCUT2D eigenvalue weighted by molar-refractivity contribution is 0.00897. The number of nitriles is 1. The van der Waals surface area contributed by atoms with E-state index in [1.54, 1.807) is 6.07 Å². The summed E-state index contributed by atoms with van der Waals surface area (Å²) in [4.78, 5) is 2.28. The summed E-state index contributed by atoms with van der Waals surface area (Å²) >= 11 is 0. The van der Waals surface area contributed by atoms with Gasteiger partial charge in [0, 0.05) is 6.54 Å². The standard InChI is InChI=1S/C18H25N3O4S/c1-13-5-7-21(8-6-13)11-17-18(22)16(12-25-17)20-26(23,24)15-4-2-3-14(9-15)10-19/h2-4,9,13,16-18,20,22H,5-8,11-12H2,1H3. The van der Waals surface area contributed by atoms with Crippen LogP contribution in [0, 0.1) is 17.2 Å². The molecule has 2 aliphatic rings. The molecule has 2 aliphatic heterocycles. The van der Waals surface area contributed by atoms with Crippen LogP contribution in [0.15, 0.2) is 29.2 Å². The molecule has 0 saturated carbocycles. The Hall–Kier alpha value is -1.50. The SMILES string of the molecule is CC1CCN(CC2OCC(NS(=O)(=O)c3cccc(C#N)c3)C2O)CC1. The smallest absolute Gasteiger partial charge is 0.241 e. The van der Waals surface area contributed by atoms with Crippen LogP contribution in [0.25, 0.3) is 0 Å². The van der Waals surface area contributed by atoms with E-state index in [2.05, 4.69) is 16.5 Å². The largest absolute Gasteiger partial charge is 0.389 e. The first-order chi connectivity index (χ1) is 12.4. The van der Waals surface area contributed by atoms with Gasteiger partial charge in [-0.15, -0.1) is 0 Å². The average molecular weight is 379 g/mol. The van der Waals surface area contributed by atoms with Crippen molar-refractivity contribution in [1.82, 2.24) is 9.62 Å². The zero-order chi connectivity index (χ0) is 18.7. The number of aliphatic hydroxyl groups is 1. The van der Waals surface area contributed by atoms with Crippen LogP contribution in [0.1, 0.15) is 25.3 Å². The lowest BCUT2D eigenvalue weighted by atomic mass is 9.98. The van der Waals surface area contributed by atoms with Crippen molar-refractivity contribution < 1.29 is 18.3 Å². The Balaban J connectivity index is 1.61. The maximum Gasteiger partial charge on any atom is 0.241 e. The Morgan fingerprint density at radius 3 is 2.81 bits per heavy atom. The second kappa shape index (κ2) is 8.03. The predicted molar refractivity (Wildman–Crippen MR) is 95.9 cm³/mol. The van der Waals surface area contributed by atoms with Crippen LogP contribution in [-0.2, 0) is 14.8 Å². The van der Waals surface area contributed by atoms with Gasteiger partial charge in [0.15, 0.2) is 0 Å². The maximum atomic E-state index is 12.5. The fraction of sp³-hybridized carbons (Fsp3) is 0.611. The highest BCUT2D eigenvalue weighted by Crippen LogP contribution is 2.22. The van der Waals surface area contributed by atoms with Crippen molar-refractivity contribution in [2.45, 2.75) is 42.9 Å². The zero-order valence-electron chi connectivity index (χ0n) is 14.8. The third-order valence-corrected chi connectivity index (χ3v) is 6.66. The zero-order valence-corrected chi connectivity index (χ0v) is 15.7. The minimum atomic E-state index is -3.83. The number of likely N-dealkylation sites (tertiary alicyclic amines) is 1. The van der Waals surface area contributed by atoms with Crippen molar-refractivity contribution in [1.29, 1.82) is 5.26 Å². The third-order valence-electron chi connectivity index (χ3n) is 5.18. The van der Waals surface area contributed by atoms with Gasteiger partial charge in [-0.1, -0.05) is 13.0 Å². The number of hydrogen-bond donors (Lipinski definition) is 2. The average Bonchev–Trinajstić information content (AvgIpc) is 2.96. The quantitative estimate of drug-likeness (QED) is 0.781. The summed E-state index contributed by atoms with van der Waals surface area (Å²) in [7, 11) is -3.83. The Morgan fingerprint density at radius 2 is 2.12 bits per heavy atom. The number of sulfonamides is 1. The van der Waals surface area contributed by atoms with Gasteiger partial charge in [0.2, 0.25) is 10.0 Å². The number of aliphatic hydroxyl groups excluding tert-OH is 1. The number of nitrogens with zero attached hydrogens (tertiary/aromatic N) is 2. The van der Waals surface area contributed by atoms with E-state index in [1.807, 2.05) is 6.07 Å². The number of piperidine rings is 1. The van der Waals surface area contributed by atoms with Crippen LogP contribution in [0.3, 0.4) is 0 Å². The molecule has 3 unspecified atom stereocenters. The predicted octanol–water partition coefficient (Wildman–Crippen LogP) is 0.697. The van der Waals surface area contributed by atoms with Crippen LogP contribution in [0.2, 0.25) is 0 Å². The molecule has 2 heterocycles. The molecule has 142 valence electrons. The van der Waals surface area contributed by atoms with E-state index in [-0.39, 0.29) is 17.1 Å². The molecule has 7 nitrogen and oxygen atoms in total. The molecule has 8 heteroatoms. The Labute approximate surface area is 154 Å². The molecule has 0 spiro atoms. The Morgan fingerprint density at radius 1 is 1.38 bits per heavy atom. The molecule has 2 fully saturated rings. The van der Waals surface area contributed by atoms with Gasteiger partial charge >= 0.3 is 0 Å². The number of hydrogen-bond acceptors (Lipinski definition) is 6. The summed E-state index contributed by atoms with van der Waals surface area (Å²) in [5.41, 5.74) is 0.272. The first-order valence-corrected chi connectivity index (χ1v) is 10.4. The van der Waals surface area contributed by atoms with Gasteiger partial charge in [-0.25, -0.2) is 13.1 Å². The normalized spacial score (nSPS) is 28.1. The van der Waals surface area contributed by atoms with E-state index in [9.17, 15) is 13.5 Å². The minimum absolute atomic E-state index is 0.0113. The molecular weight excluding hydrogens is 354 g/mol. The molecule has 1 aromatic carbocycles. The van der Waals surface area contributed by atoms with E-state index >= 15 is 0 Å². The summed E-state index contributed by atoms with van der Waals surface area (Å²) in [6.45, 7) is 4.93. The van der Waals surface area contributed by atoms with Crippen LogP contribution in [0.5, 0.6) is 0 Å². The van der Waals surface area contributed by atoms with E-state index in [4.69, 9.17) is 10.00 Å². The number of nitrogens with one attached hydrogen (secondary N) is 1. The molecule has 2 N–H and O–H groups in total. The van der Waals surface area contributed by atoms with Crippen molar-refractivity contribution in [2.24, 2.45) is 5.92 Å². The van der Waals surface area contributed by atoms with Gasteiger partial charge in [0.05, 0.1) is 41.4 Å². The maximum absolute atomic E-state index is 12.5. The summed E-state index contributed by atoms with van der Waals surface area (Å²) in [5, 5.41) is 19.4. The van der Waals surface area contributed by atoms with Gasteiger partial charge in [-0.2, -0.15) is 5.26 Å². The molecule has 1 aromatic rings. The van der Waals surface area contributed by atoms with E-state index in [1.165, 1.54) is 18.2 Å². The highest BCUT2D eigenvalue weighted by molar-refractivity contribution is 7.89. The molecule has 2 saturated heterocycles. The molecule has 3 rings (SSSR count). The molecule has 0 radical (unpaired) electrons. The monoisotopic (exact) mass is 379 g/mol. The Kier molecular flexibility index (Phi) is 5.95. The molecule has 3 atom stereocenters. The van der Waals surface area contributed by atoms with Crippen LogP contribution < -0.4 is 4.72 Å². The minimum Gasteiger partial charge on any atom is -0.389 e. The lowest BCUT2D eigenvalue weighted by Crippen LogP contribution is -2.47. The van der Waals surface area contributed by atoms with Gasteiger partial charge in [-0.3, -0.25) is 0 Å². The third kappa shape index (κ3) is 4.42. The van der Waals surface area contributed by atoms with E-state index < -0.39 is 28.3 Å². The van der Waals surface area contributed by atoms with Gasteiger partial charge in [-0.05, 0) is 50.0 Å². The van der Waals surface area contributed by atoms with E-state index in [0.717, 1.165) is 31.8 Å². The molecule has 0 amide bonds. The fourth-order valence-corrected chi connectivity index (χ4v) is 4.73. The summed E-state index contributed by atoms with van der Waals surface area (Å²) in [6.07, 6.45) is 0.965. The van der Waals surface area contributed by atoms with Gasteiger partial charge in [0.25, 0.3) is 0 Å². The second-order valence-electron chi connectivity index (χ2n) is 7.21. The van der Waals surface area contributed by atoms with Crippen LogP contribution >= 0.6 is 0 Å². The van der Waals surface area contributed by atoms with Crippen molar-refractivity contribution in [3.8, 4) is 6.07 Å². The molecule has 26 heavy (non-hydrogen) atoms. The van der Waals surface area contributed by atoms with Crippen molar-refractivity contribution >= 4 is 10.0 Å². The van der Waals surface area contributed by atoms with Gasteiger partial charge < -0.3 is 14.7 Å². The van der Waals surface area contributed by atoms with Crippen molar-refractivity contribution in [3.05, 3.63) is 29.8 Å². The van der Waals surface area contributed by atoms with Crippen molar-refractivity contribution in [3.63, 3.8) is 0 Å². The van der Waals surface area contributed by atoms with Crippen LogP contribution in [-0.4, -0.2) is 62.9 Å². The second-order valence-corrected chi connectivity index (χ2v) is 8.93. The summed E-state index contributed by atoms with van der Waals surface area (Å²) in [6, 6.07) is 7.04. The molecule has 0 bridgehead atoms. The summed E-state index contributed by atoms with van der Waals surface area (Å²) in [5.74, 6) is 0.726. The molecule has 0 aliphatic carbocycles. The highest BCUT2D eigenvalue weighted by atomic mass is 32.2. The number of ether oxygens (including phenoxy) is 1. The first-order valence-electron chi connectivity index (χ1n) is 8.93. The fourth-order valence-electron chi connectivity index (χ4n) is 3.45. The number of benzene rings is 1. The Bertz CT molecular complexity index is 769. The lowest BCUT2D eigenvalue weighted by Gasteiger charge is -2.32. The first kappa shape index (κ1) is 19.3. The molecule has 0 aromatic heterocycles. The molecular formula is C18H25N3O4S. The summed E-state index contributed by atoms with van der Waals surface area (Å²) < 4.78 is 33.3. The van der Waals surface area contributed by atoms with E-state index in [0.29, 0.717) is 6.54 Å². The van der Waals surface area contributed by atoms with Gasteiger partial charge in [0.1, 0.15) is 0 Å².